The molecule has 3 rings (SSSR count). The molecule has 1 aliphatic heterocycles. The lowest BCUT2D eigenvalue weighted by atomic mass is 9.97. The Morgan fingerprint density at radius 2 is 2.20 bits per heavy atom. The summed E-state index contributed by atoms with van der Waals surface area (Å²) in [5.74, 6) is -0.153. The molecule has 1 unspecified atom stereocenters. The van der Waals surface area contributed by atoms with Crippen molar-refractivity contribution in [3.05, 3.63) is 40.8 Å². The smallest absolute Gasteiger partial charge is 0.223 e. The van der Waals surface area contributed by atoms with E-state index >= 15 is 0 Å². The average molecular weight is 383 g/mol. The summed E-state index contributed by atoms with van der Waals surface area (Å²) in [6.45, 7) is 1.28. The number of carbonyl (C=O) groups is 1. The number of aromatic nitrogens is 2. The van der Waals surface area contributed by atoms with Crippen LogP contribution in [0.2, 0.25) is 0 Å². The van der Waals surface area contributed by atoms with Gasteiger partial charge >= 0.3 is 0 Å². The maximum Gasteiger partial charge on any atom is 0.223 e. The first-order valence-corrected chi connectivity index (χ1v) is 11.0. The molecule has 1 amide bonds. The maximum absolute atomic E-state index is 12.5. The lowest BCUT2D eigenvalue weighted by molar-refractivity contribution is -0.126. The van der Waals surface area contributed by atoms with Crippen molar-refractivity contribution in [3.63, 3.8) is 0 Å². The Kier molecular flexibility index (Phi) is 5.55. The van der Waals surface area contributed by atoms with Crippen molar-refractivity contribution in [1.29, 1.82) is 0 Å². The molecule has 25 heavy (non-hydrogen) atoms. The van der Waals surface area contributed by atoms with Crippen molar-refractivity contribution in [2.24, 2.45) is 5.92 Å². The van der Waals surface area contributed by atoms with E-state index in [0.717, 1.165) is 5.56 Å². The van der Waals surface area contributed by atoms with Crippen molar-refractivity contribution < 1.29 is 13.2 Å². The highest BCUT2D eigenvalue weighted by atomic mass is 32.2. The van der Waals surface area contributed by atoms with E-state index in [1.807, 2.05) is 28.4 Å². The number of nitrogens with zero attached hydrogens (tertiary/aromatic N) is 3. The van der Waals surface area contributed by atoms with Gasteiger partial charge in [0.15, 0.2) is 0 Å². The van der Waals surface area contributed by atoms with Crippen LogP contribution in [0.5, 0.6) is 0 Å². The van der Waals surface area contributed by atoms with Crippen LogP contribution in [0.15, 0.2) is 35.3 Å². The molecule has 0 radical (unpaired) electrons. The van der Waals surface area contributed by atoms with Gasteiger partial charge in [-0.1, -0.05) is 0 Å². The number of hydrogen-bond donors (Lipinski definition) is 1. The van der Waals surface area contributed by atoms with Gasteiger partial charge < -0.3 is 5.32 Å². The quantitative estimate of drug-likeness (QED) is 0.817. The molecule has 7 nitrogen and oxygen atoms in total. The maximum atomic E-state index is 12.5. The second-order valence-electron chi connectivity index (χ2n) is 6.24. The molecule has 136 valence electrons. The molecule has 1 N–H and O–H groups in total. The van der Waals surface area contributed by atoms with Crippen molar-refractivity contribution in [3.8, 4) is 0 Å². The lowest BCUT2D eigenvalue weighted by Gasteiger charge is -2.29. The highest BCUT2D eigenvalue weighted by molar-refractivity contribution is 7.88. The Bertz CT molecular complexity index is 745. The molecule has 1 saturated heterocycles. The molecular formula is C16H22N4O3S2. The van der Waals surface area contributed by atoms with Crippen molar-refractivity contribution in [1.82, 2.24) is 19.4 Å². The zero-order valence-corrected chi connectivity index (χ0v) is 15.7. The third kappa shape index (κ3) is 4.47. The Labute approximate surface area is 151 Å². The molecule has 1 atom stereocenters. The molecule has 1 aliphatic rings. The van der Waals surface area contributed by atoms with Gasteiger partial charge in [0.1, 0.15) is 0 Å². The standard InChI is InChI=1S/C16H22N4O3S2/c1-25(22,23)19-8-3-13(4-9-19)16(21)17-11-15(14-5-10-24-12-14)20-7-2-6-18-20/h2,5-7,10,12-13,15H,3-4,8-9,11H2,1H3,(H,17,21). The second kappa shape index (κ2) is 7.67. The molecule has 9 heteroatoms. The number of hydrogen-bond acceptors (Lipinski definition) is 5. The van der Waals surface area contributed by atoms with Crippen LogP contribution in [0.4, 0.5) is 0 Å². The fourth-order valence-corrected chi connectivity index (χ4v) is 4.67. The number of sulfonamides is 1. The number of amides is 1. The summed E-state index contributed by atoms with van der Waals surface area (Å²) in [5.41, 5.74) is 1.11. The second-order valence-corrected chi connectivity index (χ2v) is 9.00. The van der Waals surface area contributed by atoms with E-state index in [0.29, 0.717) is 32.5 Å². The summed E-state index contributed by atoms with van der Waals surface area (Å²) in [5, 5.41) is 11.4. The minimum atomic E-state index is -3.17. The number of carbonyl (C=O) groups excluding carboxylic acids is 1. The lowest BCUT2D eigenvalue weighted by Crippen LogP contribution is -2.43. The van der Waals surface area contributed by atoms with Gasteiger partial charge in [-0.3, -0.25) is 9.48 Å². The molecule has 0 spiro atoms. The molecular weight excluding hydrogens is 360 g/mol. The van der Waals surface area contributed by atoms with Gasteiger partial charge in [-0.05, 0) is 41.3 Å². The first-order chi connectivity index (χ1) is 11.9. The topological polar surface area (TPSA) is 84.3 Å². The van der Waals surface area contributed by atoms with E-state index in [1.165, 1.54) is 10.6 Å². The molecule has 0 bridgehead atoms. The van der Waals surface area contributed by atoms with Crippen LogP contribution >= 0.6 is 11.3 Å². The normalized spacial score (nSPS) is 18.1. The van der Waals surface area contributed by atoms with E-state index in [2.05, 4.69) is 15.8 Å². The molecule has 2 aromatic heterocycles. The Morgan fingerprint density at radius 3 is 2.76 bits per heavy atom. The number of thiophene rings is 1. The van der Waals surface area contributed by atoms with Crippen LogP contribution in [-0.2, 0) is 14.8 Å². The molecule has 2 aromatic rings. The Hall–Kier alpha value is -1.71. The summed E-state index contributed by atoms with van der Waals surface area (Å²) in [7, 11) is -3.17. The zero-order chi connectivity index (χ0) is 17.9. The van der Waals surface area contributed by atoms with Gasteiger partial charge in [-0.25, -0.2) is 12.7 Å². The van der Waals surface area contributed by atoms with Crippen molar-refractivity contribution >= 4 is 27.3 Å². The SMILES string of the molecule is CS(=O)(=O)N1CCC(C(=O)NCC(c2ccsc2)n2cccn2)CC1. The summed E-state index contributed by atoms with van der Waals surface area (Å²) in [4.78, 5) is 12.5. The zero-order valence-electron chi connectivity index (χ0n) is 14.0. The first-order valence-electron chi connectivity index (χ1n) is 8.19. The third-order valence-electron chi connectivity index (χ3n) is 4.54. The third-order valence-corrected chi connectivity index (χ3v) is 6.54. The van der Waals surface area contributed by atoms with E-state index in [9.17, 15) is 13.2 Å². The predicted molar refractivity (Wildman–Crippen MR) is 96.8 cm³/mol. The highest BCUT2D eigenvalue weighted by Gasteiger charge is 2.29. The molecule has 1 fully saturated rings. The van der Waals surface area contributed by atoms with Crippen LogP contribution in [0, 0.1) is 5.92 Å². The van der Waals surface area contributed by atoms with Crippen molar-refractivity contribution in [2.75, 3.05) is 25.9 Å². The monoisotopic (exact) mass is 382 g/mol. The highest BCUT2D eigenvalue weighted by Crippen LogP contribution is 2.22. The molecule has 0 aromatic carbocycles. The van der Waals surface area contributed by atoms with Crippen LogP contribution < -0.4 is 5.32 Å². The average Bonchev–Trinajstić information content (AvgIpc) is 3.28. The van der Waals surface area contributed by atoms with Crippen LogP contribution in [0.25, 0.3) is 0 Å². The van der Waals surface area contributed by atoms with Crippen LogP contribution in [-0.4, -0.2) is 54.3 Å². The Morgan fingerprint density at radius 1 is 1.44 bits per heavy atom. The molecule has 3 heterocycles. The van der Waals surface area contributed by atoms with Gasteiger partial charge in [0.25, 0.3) is 0 Å². The van der Waals surface area contributed by atoms with Gasteiger partial charge in [0.2, 0.25) is 15.9 Å². The predicted octanol–water partition coefficient (Wildman–Crippen LogP) is 1.32. The number of rotatable bonds is 6. The van der Waals surface area contributed by atoms with Crippen molar-refractivity contribution in [2.45, 2.75) is 18.9 Å². The van der Waals surface area contributed by atoms with E-state index in [4.69, 9.17) is 0 Å². The summed E-state index contributed by atoms with van der Waals surface area (Å²) < 4.78 is 26.4. The largest absolute Gasteiger partial charge is 0.353 e. The minimum Gasteiger partial charge on any atom is -0.353 e. The van der Waals surface area contributed by atoms with Gasteiger partial charge in [0, 0.05) is 37.9 Å². The number of nitrogens with one attached hydrogen (secondary N) is 1. The first kappa shape index (κ1) is 18.1. The van der Waals surface area contributed by atoms with Gasteiger partial charge in [-0.15, -0.1) is 0 Å². The van der Waals surface area contributed by atoms with Crippen LogP contribution in [0.1, 0.15) is 24.4 Å². The van der Waals surface area contributed by atoms with Crippen LogP contribution in [0.3, 0.4) is 0 Å². The number of piperidine rings is 1. The van der Waals surface area contributed by atoms with E-state index in [1.54, 1.807) is 17.5 Å². The minimum absolute atomic E-state index is 0.0134. The summed E-state index contributed by atoms with van der Waals surface area (Å²) >= 11 is 1.61. The van der Waals surface area contributed by atoms with Gasteiger partial charge in [-0.2, -0.15) is 16.4 Å². The van der Waals surface area contributed by atoms with Gasteiger partial charge in [0.05, 0.1) is 12.3 Å². The fourth-order valence-electron chi connectivity index (χ4n) is 3.08. The fraction of sp³-hybridized carbons (Fsp3) is 0.500. The van der Waals surface area contributed by atoms with E-state index < -0.39 is 10.0 Å². The van der Waals surface area contributed by atoms with E-state index in [-0.39, 0.29) is 17.9 Å². The summed E-state index contributed by atoms with van der Waals surface area (Å²) in [6.07, 6.45) is 5.94. The molecule has 0 saturated carbocycles. The summed E-state index contributed by atoms with van der Waals surface area (Å²) in [6, 6.07) is 3.86. The molecule has 0 aliphatic carbocycles. The Balaban J connectivity index is 1.58.